The molecule has 9 heteroatoms. The number of hydrazine groups is 1. The summed E-state index contributed by atoms with van der Waals surface area (Å²) in [6.07, 6.45) is -1.25. The molecule has 1 aromatic heterocycles. The lowest BCUT2D eigenvalue weighted by atomic mass is 10.3. The van der Waals surface area contributed by atoms with Crippen LogP contribution in [0.3, 0.4) is 0 Å². The predicted molar refractivity (Wildman–Crippen MR) is 60.5 cm³/mol. The molecule has 0 saturated carbocycles. The van der Waals surface area contributed by atoms with E-state index in [0.29, 0.717) is 5.56 Å². The lowest BCUT2D eigenvalue weighted by molar-refractivity contribution is -0.112. The van der Waals surface area contributed by atoms with Crippen LogP contribution in [0.2, 0.25) is 0 Å². The number of halogens is 5. The highest BCUT2D eigenvalue weighted by molar-refractivity contribution is 9.10. The zero-order valence-corrected chi connectivity index (χ0v) is 10.6. The second-order valence-electron chi connectivity index (χ2n) is 2.55. The number of pyridine rings is 1. The molecule has 4 nitrogen and oxygen atoms in total. The summed E-state index contributed by atoms with van der Waals surface area (Å²) in [5.74, 6) is 4.58. The Labute approximate surface area is 108 Å². The molecule has 1 atom stereocenters. The van der Waals surface area contributed by atoms with Crippen LogP contribution in [0.5, 0.6) is 0 Å². The molecule has 1 unspecified atom stereocenters. The topological polar surface area (TPSA) is 68.0 Å². The van der Waals surface area contributed by atoms with Crippen LogP contribution in [0.25, 0.3) is 0 Å². The van der Waals surface area contributed by atoms with Crippen LogP contribution < -0.4 is 11.3 Å². The molecule has 0 radical (unpaired) electrons. The Morgan fingerprint density at radius 3 is 2.18 bits per heavy atom. The van der Waals surface area contributed by atoms with Gasteiger partial charge in [0.1, 0.15) is 0 Å². The Balaban J connectivity index is 0.000000325. The lowest BCUT2D eigenvalue weighted by Crippen LogP contribution is -2.29. The summed E-state index contributed by atoms with van der Waals surface area (Å²) in [4.78, 5) is 14.5. The SMILES string of the molecule is FC(F)(F)C(Cl)Br.NNC(=O)c1ccncc1. The molecule has 0 fully saturated rings. The van der Waals surface area contributed by atoms with Crippen LogP contribution in [0.4, 0.5) is 13.2 Å². The third-order valence-electron chi connectivity index (χ3n) is 1.32. The van der Waals surface area contributed by atoms with Crippen molar-refractivity contribution >= 4 is 33.4 Å². The van der Waals surface area contributed by atoms with Crippen LogP contribution in [0.15, 0.2) is 24.5 Å². The van der Waals surface area contributed by atoms with Crippen molar-refractivity contribution in [1.82, 2.24) is 10.4 Å². The zero-order valence-electron chi connectivity index (χ0n) is 8.21. The van der Waals surface area contributed by atoms with E-state index < -0.39 is 10.5 Å². The van der Waals surface area contributed by atoms with Gasteiger partial charge in [-0.3, -0.25) is 15.2 Å². The van der Waals surface area contributed by atoms with E-state index in [1.54, 1.807) is 12.1 Å². The van der Waals surface area contributed by atoms with E-state index in [-0.39, 0.29) is 5.91 Å². The van der Waals surface area contributed by atoms with Crippen molar-refractivity contribution in [1.29, 1.82) is 0 Å². The van der Waals surface area contributed by atoms with E-state index in [1.807, 2.05) is 5.43 Å². The molecule has 0 aliphatic rings. The molecule has 1 amide bonds. The Hall–Kier alpha value is -0.860. The zero-order chi connectivity index (χ0) is 13.5. The normalized spacial score (nSPS) is 12.1. The minimum Gasteiger partial charge on any atom is -0.290 e. The summed E-state index contributed by atoms with van der Waals surface area (Å²) in [7, 11) is 0. The van der Waals surface area contributed by atoms with Crippen molar-refractivity contribution in [2.24, 2.45) is 5.84 Å². The summed E-state index contributed by atoms with van der Waals surface area (Å²) >= 11 is 6.68. The molecule has 0 aliphatic heterocycles. The summed E-state index contributed by atoms with van der Waals surface area (Å²) in [6, 6.07) is 3.17. The van der Waals surface area contributed by atoms with Gasteiger partial charge in [-0.05, 0) is 12.1 Å². The highest BCUT2D eigenvalue weighted by atomic mass is 79.9. The molecule has 17 heavy (non-hydrogen) atoms. The molecule has 0 spiro atoms. The molecule has 1 aromatic rings. The summed E-state index contributed by atoms with van der Waals surface area (Å²) in [6.45, 7) is 0. The van der Waals surface area contributed by atoms with Crippen LogP contribution in [-0.4, -0.2) is 21.4 Å². The maximum atomic E-state index is 11.0. The largest absolute Gasteiger partial charge is 0.414 e. The third-order valence-corrected chi connectivity index (χ3v) is 2.09. The number of amides is 1. The number of hydrogen-bond donors (Lipinski definition) is 2. The van der Waals surface area contributed by atoms with Gasteiger partial charge in [0, 0.05) is 18.0 Å². The predicted octanol–water partition coefficient (Wildman–Crippen LogP) is 2.19. The molecular formula is C8H8BrClF3N3O. The summed E-state index contributed by atoms with van der Waals surface area (Å²) < 4.78 is 31.1. The Morgan fingerprint density at radius 2 is 1.88 bits per heavy atom. The van der Waals surface area contributed by atoms with Gasteiger partial charge < -0.3 is 0 Å². The molecule has 96 valence electrons. The first kappa shape index (κ1) is 16.1. The molecule has 0 bridgehead atoms. The number of nitrogens with zero attached hydrogens (tertiary/aromatic N) is 1. The molecule has 0 aromatic carbocycles. The number of carbonyl (C=O) groups excluding carboxylic acids is 1. The van der Waals surface area contributed by atoms with Crippen LogP contribution in [-0.2, 0) is 0 Å². The van der Waals surface area contributed by atoms with Crippen molar-refractivity contribution in [2.45, 2.75) is 10.5 Å². The van der Waals surface area contributed by atoms with Crippen molar-refractivity contribution in [2.75, 3.05) is 0 Å². The number of nitrogens with one attached hydrogen (secondary N) is 1. The first-order valence-electron chi connectivity index (χ1n) is 4.05. The van der Waals surface area contributed by atoms with E-state index in [0.717, 1.165) is 0 Å². The minimum absolute atomic E-state index is 0.303. The maximum Gasteiger partial charge on any atom is 0.414 e. The van der Waals surface area contributed by atoms with Gasteiger partial charge in [-0.2, -0.15) is 13.2 Å². The van der Waals surface area contributed by atoms with E-state index >= 15 is 0 Å². The number of nitrogens with two attached hydrogens (primary N) is 1. The van der Waals surface area contributed by atoms with Crippen molar-refractivity contribution in [3.63, 3.8) is 0 Å². The second-order valence-corrected chi connectivity index (χ2v) is 4.43. The number of hydrogen-bond acceptors (Lipinski definition) is 3. The highest BCUT2D eigenvalue weighted by Crippen LogP contribution is 2.28. The van der Waals surface area contributed by atoms with E-state index in [4.69, 9.17) is 5.84 Å². The Bertz CT molecular complexity index is 348. The smallest absolute Gasteiger partial charge is 0.290 e. The van der Waals surface area contributed by atoms with Gasteiger partial charge in [0.2, 0.25) is 0 Å². The standard InChI is InChI=1S/C6H7N3O.C2HBrClF3/c7-9-6(10)5-1-3-8-4-2-5;3-1(4)2(5,6)7/h1-4H,7H2,(H,9,10);1H. The second kappa shape index (κ2) is 7.46. The monoisotopic (exact) mass is 333 g/mol. The molecule has 1 heterocycles. The number of rotatable bonds is 1. The molecule has 3 N–H and O–H groups in total. The lowest BCUT2D eigenvalue weighted by Gasteiger charge is -2.03. The molecule has 1 rings (SSSR count). The van der Waals surface area contributed by atoms with Gasteiger partial charge in [-0.25, -0.2) is 5.84 Å². The van der Waals surface area contributed by atoms with Crippen molar-refractivity contribution in [3.8, 4) is 0 Å². The first-order valence-corrected chi connectivity index (χ1v) is 5.40. The average molecular weight is 335 g/mol. The van der Waals surface area contributed by atoms with Crippen LogP contribution in [0.1, 0.15) is 10.4 Å². The van der Waals surface area contributed by atoms with Gasteiger partial charge >= 0.3 is 6.18 Å². The molecular weight excluding hydrogens is 326 g/mol. The van der Waals surface area contributed by atoms with Crippen LogP contribution in [0, 0.1) is 0 Å². The van der Waals surface area contributed by atoms with Crippen LogP contribution >= 0.6 is 27.5 Å². The summed E-state index contributed by atoms with van der Waals surface area (Å²) in [5.41, 5.74) is 2.53. The number of alkyl halides is 5. The molecule has 0 aliphatic carbocycles. The summed E-state index contributed by atoms with van der Waals surface area (Å²) in [5, 5.41) is 0. The van der Waals surface area contributed by atoms with E-state index in [2.05, 4.69) is 32.5 Å². The Kier molecular flexibility index (Phi) is 7.09. The third kappa shape index (κ3) is 7.14. The number of aromatic nitrogens is 1. The van der Waals surface area contributed by atoms with Gasteiger partial charge in [0.05, 0.1) is 0 Å². The first-order chi connectivity index (χ1) is 7.79. The van der Waals surface area contributed by atoms with Crippen molar-refractivity contribution in [3.05, 3.63) is 30.1 Å². The Morgan fingerprint density at radius 1 is 1.47 bits per heavy atom. The maximum absolute atomic E-state index is 11.0. The fourth-order valence-corrected chi connectivity index (χ4v) is 0.587. The van der Waals surface area contributed by atoms with Gasteiger partial charge in [0.15, 0.2) is 4.29 Å². The van der Waals surface area contributed by atoms with E-state index in [1.165, 1.54) is 12.4 Å². The minimum atomic E-state index is -4.32. The number of nitrogen functional groups attached to an aromatic ring is 1. The average Bonchev–Trinajstić information content (AvgIpc) is 2.28. The van der Waals surface area contributed by atoms with Gasteiger partial charge in [-0.1, -0.05) is 15.9 Å². The fraction of sp³-hybridized carbons (Fsp3) is 0.250. The molecule has 0 saturated heterocycles. The van der Waals surface area contributed by atoms with Crippen molar-refractivity contribution < 1.29 is 18.0 Å². The quantitative estimate of drug-likeness (QED) is 0.358. The fourth-order valence-electron chi connectivity index (χ4n) is 0.587. The van der Waals surface area contributed by atoms with E-state index in [9.17, 15) is 18.0 Å². The van der Waals surface area contributed by atoms with Gasteiger partial charge in [0.25, 0.3) is 5.91 Å². The van der Waals surface area contributed by atoms with Gasteiger partial charge in [-0.15, -0.1) is 11.6 Å². The highest BCUT2D eigenvalue weighted by Gasteiger charge is 2.35. The number of carbonyl (C=O) groups is 1.